The second kappa shape index (κ2) is 3.60. The van der Waals surface area contributed by atoms with Gasteiger partial charge in [0.15, 0.2) is 0 Å². The molecule has 2 heteroatoms. The number of hydrogen-bond donors (Lipinski definition) is 1. The molecule has 1 unspecified atom stereocenters. The van der Waals surface area contributed by atoms with Crippen LogP contribution in [0.2, 0.25) is 0 Å². The van der Waals surface area contributed by atoms with Gasteiger partial charge in [-0.25, -0.2) is 4.39 Å². The first-order valence-corrected chi connectivity index (χ1v) is 5.53. The van der Waals surface area contributed by atoms with Crippen LogP contribution < -0.4 is 5.73 Å². The zero-order valence-electron chi connectivity index (χ0n) is 9.39. The van der Waals surface area contributed by atoms with E-state index in [1.54, 1.807) is 12.1 Å². The molecule has 0 fully saturated rings. The number of fused-ring (bicyclic) bond motifs is 1. The lowest BCUT2D eigenvalue weighted by molar-refractivity contribution is 0.288. The predicted molar refractivity (Wildman–Crippen MR) is 60.2 cm³/mol. The van der Waals surface area contributed by atoms with E-state index in [0.717, 1.165) is 24.8 Å². The van der Waals surface area contributed by atoms with Crippen molar-refractivity contribution >= 4 is 0 Å². The standard InChI is InChI=1S/C13H18FN/c1-13(2,15)11-5-3-9-4-6-12(14)8-10(9)7-11/h4,6,8,11H,3,5,7,15H2,1-2H3. The van der Waals surface area contributed by atoms with E-state index < -0.39 is 0 Å². The Kier molecular flexibility index (Phi) is 2.55. The largest absolute Gasteiger partial charge is 0.325 e. The van der Waals surface area contributed by atoms with Crippen LogP contribution in [0.4, 0.5) is 4.39 Å². The van der Waals surface area contributed by atoms with Crippen LogP contribution in [0, 0.1) is 11.7 Å². The van der Waals surface area contributed by atoms with Crippen LogP contribution in [0.1, 0.15) is 31.4 Å². The summed E-state index contributed by atoms with van der Waals surface area (Å²) in [4.78, 5) is 0. The van der Waals surface area contributed by atoms with Gasteiger partial charge in [0, 0.05) is 5.54 Å². The smallest absolute Gasteiger partial charge is 0.123 e. The minimum Gasteiger partial charge on any atom is -0.325 e. The highest BCUT2D eigenvalue weighted by Gasteiger charge is 2.29. The minimum absolute atomic E-state index is 0.135. The first-order valence-electron chi connectivity index (χ1n) is 5.53. The van der Waals surface area contributed by atoms with Crippen molar-refractivity contribution in [2.75, 3.05) is 0 Å². The van der Waals surface area contributed by atoms with Crippen molar-refractivity contribution in [3.05, 3.63) is 35.1 Å². The average Bonchev–Trinajstić information content (AvgIpc) is 2.15. The highest BCUT2D eigenvalue weighted by Crippen LogP contribution is 2.31. The van der Waals surface area contributed by atoms with Gasteiger partial charge in [-0.05, 0) is 62.3 Å². The first-order chi connectivity index (χ1) is 6.97. The molecule has 1 atom stereocenters. The normalized spacial score (nSPS) is 21.2. The van der Waals surface area contributed by atoms with Crippen molar-refractivity contribution in [3.8, 4) is 0 Å². The monoisotopic (exact) mass is 207 g/mol. The lowest BCUT2D eigenvalue weighted by Crippen LogP contribution is -2.43. The molecule has 1 aliphatic rings. The van der Waals surface area contributed by atoms with E-state index in [4.69, 9.17) is 5.73 Å². The van der Waals surface area contributed by atoms with Crippen LogP contribution in [-0.4, -0.2) is 5.54 Å². The van der Waals surface area contributed by atoms with E-state index in [1.807, 2.05) is 6.07 Å². The third kappa shape index (κ3) is 2.20. The molecule has 1 aromatic rings. The number of aryl methyl sites for hydroxylation is 1. The summed E-state index contributed by atoms with van der Waals surface area (Å²) in [6.45, 7) is 4.11. The first kappa shape index (κ1) is 10.6. The Hall–Kier alpha value is -0.890. The fraction of sp³-hybridized carbons (Fsp3) is 0.538. The molecule has 0 bridgehead atoms. The molecule has 2 rings (SSSR count). The third-order valence-electron chi connectivity index (χ3n) is 3.45. The molecular formula is C13H18FN. The molecule has 1 aromatic carbocycles. The summed E-state index contributed by atoms with van der Waals surface area (Å²) in [5.41, 5.74) is 8.38. The molecule has 1 nitrogen and oxygen atoms in total. The second-order valence-electron chi connectivity index (χ2n) is 5.17. The molecule has 0 spiro atoms. The molecule has 0 aliphatic heterocycles. The number of halogens is 1. The Morgan fingerprint density at radius 1 is 1.33 bits per heavy atom. The Morgan fingerprint density at radius 3 is 2.73 bits per heavy atom. The lowest BCUT2D eigenvalue weighted by Gasteiger charge is -2.34. The van der Waals surface area contributed by atoms with Crippen molar-refractivity contribution in [1.29, 1.82) is 0 Å². The summed E-state index contributed by atoms with van der Waals surface area (Å²) >= 11 is 0. The maximum Gasteiger partial charge on any atom is 0.123 e. The summed E-state index contributed by atoms with van der Waals surface area (Å²) < 4.78 is 13.1. The number of rotatable bonds is 1. The quantitative estimate of drug-likeness (QED) is 0.752. The summed E-state index contributed by atoms with van der Waals surface area (Å²) in [6, 6.07) is 5.12. The SMILES string of the molecule is CC(C)(N)C1CCc2ccc(F)cc2C1. The molecule has 0 amide bonds. The number of benzene rings is 1. The Labute approximate surface area is 90.5 Å². The number of hydrogen-bond acceptors (Lipinski definition) is 1. The maximum absolute atomic E-state index is 13.1. The van der Waals surface area contributed by atoms with Gasteiger partial charge in [-0.1, -0.05) is 6.07 Å². The summed E-state index contributed by atoms with van der Waals surface area (Å²) in [6.07, 6.45) is 3.06. The molecule has 0 radical (unpaired) electrons. The van der Waals surface area contributed by atoms with Crippen LogP contribution >= 0.6 is 0 Å². The van der Waals surface area contributed by atoms with E-state index >= 15 is 0 Å². The number of nitrogens with two attached hydrogens (primary N) is 1. The zero-order valence-corrected chi connectivity index (χ0v) is 9.39. The molecule has 1 aliphatic carbocycles. The molecule has 0 heterocycles. The molecule has 15 heavy (non-hydrogen) atoms. The van der Waals surface area contributed by atoms with Gasteiger partial charge in [-0.15, -0.1) is 0 Å². The summed E-state index contributed by atoms with van der Waals surface area (Å²) in [5, 5.41) is 0. The molecule has 0 aromatic heterocycles. The van der Waals surface area contributed by atoms with Gasteiger partial charge in [0.1, 0.15) is 5.82 Å². The molecular weight excluding hydrogens is 189 g/mol. The van der Waals surface area contributed by atoms with Gasteiger partial charge in [0.25, 0.3) is 0 Å². The average molecular weight is 207 g/mol. The lowest BCUT2D eigenvalue weighted by atomic mass is 9.75. The van der Waals surface area contributed by atoms with Crippen molar-refractivity contribution < 1.29 is 4.39 Å². The third-order valence-corrected chi connectivity index (χ3v) is 3.45. The van der Waals surface area contributed by atoms with Crippen molar-refractivity contribution in [3.63, 3.8) is 0 Å². The Bertz CT molecular complexity index is 365. The van der Waals surface area contributed by atoms with Crippen molar-refractivity contribution in [2.45, 2.75) is 38.6 Å². The van der Waals surface area contributed by atoms with E-state index in [1.165, 1.54) is 5.56 Å². The van der Waals surface area contributed by atoms with Crippen LogP contribution in [0.15, 0.2) is 18.2 Å². The van der Waals surface area contributed by atoms with E-state index in [0.29, 0.717) is 5.92 Å². The van der Waals surface area contributed by atoms with Crippen molar-refractivity contribution in [1.82, 2.24) is 0 Å². The molecule has 0 saturated heterocycles. The molecule has 82 valence electrons. The summed E-state index contributed by atoms with van der Waals surface area (Å²) in [5.74, 6) is 0.330. The minimum atomic E-state index is -0.163. The van der Waals surface area contributed by atoms with E-state index in [9.17, 15) is 4.39 Å². The molecule has 0 saturated carbocycles. The van der Waals surface area contributed by atoms with Gasteiger partial charge < -0.3 is 5.73 Å². The van der Waals surface area contributed by atoms with Gasteiger partial charge in [0.05, 0.1) is 0 Å². The topological polar surface area (TPSA) is 26.0 Å². The zero-order chi connectivity index (χ0) is 11.1. The van der Waals surface area contributed by atoms with Gasteiger partial charge in [-0.3, -0.25) is 0 Å². The summed E-state index contributed by atoms with van der Waals surface area (Å²) in [7, 11) is 0. The Morgan fingerprint density at radius 2 is 2.07 bits per heavy atom. The maximum atomic E-state index is 13.1. The second-order valence-corrected chi connectivity index (χ2v) is 5.17. The van der Waals surface area contributed by atoms with Crippen LogP contribution in [-0.2, 0) is 12.8 Å². The van der Waals surface area contributed by atoms with Crippen LogP contribution in [0.5, 0.6) is 0 Å². The van der Waals surface area contributed by atoms with Gasteiger partial charge in [-0.2, -0.15) is 0 Å². The van der Waals surface area contributed by atoms with Crippen LogP contribution in [0.3, 0.4) is 0 Å². The molecule has 2 N–H and O–H groups in total. The van der Waals surface area contributed by atoms with E-state index in [-0.39, 0.29) is 11.4 Å². The van der Waals surface area contributed by atoms with E-state index in [2.05, 4.69) is 13.8 Å². The fourth-order valence-electron chi connectivity index (χ4n) is 2.36. The van der Waals surface area contributed by atoms with Gasteiger partial charge >= 0.3 is 0 Å². The van der Waals surface area contributed by atoms with Crippen LogP contribution in [0.25, 0.3) is 0 Å². The van der Waals surface area contributed by atoms with Crippen molar-refractivity contribution in [2.24, 2.45) is 11.7 Å². The highest BCUT2D eigenvalue weighted by atomic mass is 19.1. The fourth-order valence-corrected chi connectivity index (χ4v) is 2.36. The Balaban J connectivity index is 2.26. The predicted octanol–water partition coefficient (Wildman–Crippen LogP) is 2.67. The highest BCUT2D eigenvalue weighted by molar-refractivity contribution is 5.31. The van der Waals surface area contributed by atoms with Gasteiger partial charge in [0.2, 0.25) is 0 Å².